The van der Waals surface area contributed by atoms with Crippen molar-refractivity contribution < 1.29 is 9.53 Å². The average molecular weight is 326 g/mol. The molecule has 0 aromatic heterocycles. The number of hydrogen-bond donors (Lipinski definition) is 0. The summed E-state index contributed by atoms with van der Waals surface area (Å²) in [7, 11) is 3.86. The Morgan fingerprint density at radius 1 is 1.25 bits per heavy atom. The molecule has 1 fully saturated rings. The number of nitrogens with zero attached hydrogens (tertiary/aromatic N) is 2. The zero-order valence-corrected chi connectivity index (χ0v) is 14.8. The highest BCUT2D eigenvalue weighted by Crippen LogP contribution is 2.23. The normalized spacial score (nSPS) is 17.7. The largest absolute Gasteiger partial charge is 0.497 e. The van der Waals surface area contributed by atoms with Crippen molar-refractivity contribution in [1.29, 1.82) is 0 Å². The fourth-order valence-corrected chi connectivity index (χ4v) is 3.58. The van der Waals surface area contributed by atoms with Gasteiger partial charge in [0.2, 0.25) is 5.91 Å². The molecule has 0 unspecified atom stereocenters. The van der Waals surface area contributed by atoms with Crippen molar-refractivity contribution in [3.8, 4) is 5.75 Å². The summed E-state index contributed by atoms with van der Waals surface area (Å²) in [6.07, 6.45) is 1.11. The molecule has 0 N–H and O–H groups in total. The predicted molar refractivity (Wildman–Crippen MR) is 97.2 cm³/mol. The van der Waals surface area contributed by atoms with Crippen LogP contribution in [0.4, 0.5) is 0 Å². The minimum atomic E-state index is 0.199. The van der Waals surface area contributed by atoms with Crippen LogP contribution in [0.5, 0.6) is 5.75 Å². The van der Waals surface area contributed by atoms with Crippen LogP contribution in [0.25, 0.3) is 10.8 Å². The lowest BCUT2D eigenvalue weighted by Crippen LogP contribution is -2.30. The zero-order valence-electron chi connectivity index (χ0n) is 14.8. The number of hydrogen-bond acceptors (Lipinski definition) is 3. The number of fused-ring (bicyclic) bond motifs is 1. The van der Waals surface area contributed by atoms with Crippen LogP contribution in [0, 0.1) is 5.92 Å². The number of carbonyl (C=O) groups is 1. The van der Waals surface area contributed by atoms with E-state index in [2.05, 4.69) is 42.3 Å². The Morgan fingerprint density at radius 2 is 2.00 bits per heavy atom. The van der Waals surface area contributed by atoms with Gasteiger partial charge < -0.3 is 14.5 Å². The van der Waals surface area contributed by atoms with Gasteiger partial charge >= 0.3 is 0 Å². The monoisotopic (exact) mass is 326 g/mol. The fourth-order valence-electron chi connectivity index (χ4n) is 3.58. The fraction of sp³-hybridized carbons (Fsp3) is 0.450. The highest BCUT2D eigenvalue weighted by atomic mass is 16.5. The lowest BCUT2D eigenvalue weighted by molar-refractivity contribution is -0.127. The van der Waals surface area contributed by atoms with Gasteiger partial charge in [-0.1, -0.05) is 18.2 Å². The molecule has 128 valence electrons. The molecule has 0 spiro atoms. The molecular weight excluding hydrogens is 300 g/mol. The molecule has 4 heteroatoms. The summed E-state index contributed by atoms with van der Waals surface area (Å²) in [5, 5.41) is 2.44. The van der Waals surface area contributed by atoms with Gasteiger partial charge in [0, 0.05) is 33.1 Å². The molecule has 0 aliphatic carbocycles. The minimum absolute atomic E-state index is 0.199. The SMILES string of the molecule is COc1ccc2cc(CN(C)C[C@@H]3CCN(C(C)=O)C3)ccc2c1. The van der Waals surface area contributed by atoms with Gasteiger partial charge in [0.05, 0.1) is 7.11 Å². The molecule has 0 saturated carbocycles. The maximum atomic E-state index is 11.4. The maximum Gasteiger partial charge on any atom is 0.219 e. The summed E-state index contributed by atoms with van der Waals surface area (Å²) in [6.45, 7) is 5.43. The van der Waals surface area contributed by atoms with Gasteiger partial charge in [-0.2, -0.15) is 0 Å². The first-order valence-electron chi connectivity index (χ1n) is 8.56. The standard InChI is InChI=1S/C20H26N2O2/c1-15(23)22-9-8-17(14-22)13-21(2)12-16-4-5-19-11-20(24-3)7-6-18(19)10-16/h4-7,10-11,17H,8-9,12-14H2,1-3H3/t17-/m0/s1. The molecule has 1 saturated heterocycles. The molecule has 1 aliphatic rings. The second-order valence-electron chi connectivity index (χ2n) is 6.86. The highest BCUT2D eigenvalue weighted by molar-refractivity contribution is 5.84. The van der Waals surface area contributed by atoms with Gasteiger partial charge in [-0.15, -0.1) is 0 Å². The third kappa shape index (κ3) is 3.88. The molecule has 24 heavy (non-hydrogen) atoms. The molecule has 1 heterocycles. The van der Waals surface area contributed by atoms with E-state index in [4.69, 9.17) is 4.74 Å². The van der Waals surface area contributed by atoms with Crippen LogP contribution >= 0.6 is 0 Å². The molecule has 1 atom stereocenters. The second kappa shape index (κ2) is 7.22. The van der Waals surface area contributed by atoms with Crippen LogP contribution < -0.4 is 4.74 Å². The topological polar surface area (TPSA) is 32.8 Å². The van der Waals surface area contributed by atoms with Gasteiger partial charge in [0.1, 0.15) is 5.75 Å². The molecule has 3 rings (SSSR count). The summed E-state index contributed by atoms with van der Waals surface area (Å²) in [4.78, 5) is 15.8. The Hall–Kier alpha value is -2.07. The molecular formula is C20H26N2O2. The van der Waals surface area contributed by atoms with E-state index in [-0.39, 0.29) is 5.91 Å². The van der Waals surface area contributed by atoms with Gasteiger partial charge in [-0.25, -0.2) is 0 Å². The molecule has 1 amide bonds. The summed E-state index contributed by atoms with van der Waals surface area (Å²) in [5.74, 6) is 1.68. The number of methoxy groups -OCH3 is 1. The van der Waals surface area contributed by atoms with Crippen LogP contribution in [0.2, 0.25) is 0 Å². The maximum absolute atomic E-state index is 11.4. The Kier molecular flexibility index (Phi) is 5.05. The van der Waals surface area contributed by atoms with E-state index in [0.29, 0.717) is 5.92 Å². The summed E-state index contributed by atoms with van der Waals surface area (Å²) in [6, 6.07) is 12.8. The molecule has 0 bridgehead atoms. The molecule has 2 aromatic rings. The number of likely N-dealkylation sites (tertiary alicyclic amines) is 1. The van der Waals surface area contributed by atoms with Crippen molar-refractivity contribution in [3.63, 3.8) is 0 Å². The number of ether oxygens (including phenoxy) is 1. The van der Waals surface area contributed by atoms with E-state index < -0.39 is 0 Å². The van der Waals surface area contributed by atoms with Crippen LogP contribution in [0.15, 0.2) is 36.4 Å². The van der Waals surface area contributed by atoms with Crippen LogP contribution in [-0.4, -0.2) is 49.5 Å². The van der Waals surface area contributed by atoms with E-state index in [1.165, 1.54) is 16.3 Å². The first-order chi connectivity index (χ1) is 11.5. The van der Waals surface area contributed by atoms with E-state index in [1.807, 2.05) is 11.0 Å². The van der Waals surface area contributed by atoms with Crippen molar-refractivity contribution >= 4 is 16.7 Å². The van der Waals surface area contributed by atoms with E-state index in [1.54, 1.807) is 14.0 Å². The van der Waals surface area contributed by atoms with E-state index >= 15 is 0 Å². The van der Waals surface area contributed by atoms with Crippen molar-refractivity contribution in [2.75, 3.05) is 33.8 Å². The zero-order chi connectivity index (χ0) is 17.1. The molecule has 0 radical (unpaired) electrons. The van der Waals surface area contributed by atoms with Gasteiger partial charge in [-0.3, -0.25) is 4.79 Å². The smallest absolute Gasteiger partial charge is 0.219 e. The molecule has 2 aromatic carbocycles. The Bertz CT molecular complexity index is 729. The first-order valence-corrected chi connectivity index (χ1v) is 8.56. The molecule has 1 aliphatic heterocycles. The van der Waals surface area contributed by atoms with Crippen molar-refractivity contribution in [1.82, 2.24) is 9.80 Å². The van der Waals surface area contributed by atoms with Crippen LogP contribution in [0.3, 0.4) is 0 Å². The number of rotatable bonds is 5. The lowest BCUT2D eigenvalue weighted by atomic mass is 10.1. The van der Waals surface area contributed by atoms with Crippen LogP contribution in [0.1, 0.15) is 18.9 Å². The highest BCUT2D eigenvalue weighted by Gasteiger charge is 2.24. The summed E-state index contributed by atoms with van der Waals surface area (Å²) in [5.41, 5.74) is 1.32. The summed E-state index contributed by atoms with van der Waals surface area (Å²) < 4.78 is 5.28. The molecule has 4 nitrogen and oxygen atoms in total. The second-order valence-corrected chi connectivity index (χ2v) is 6.86. The van der Waals surface area contributed by atoms with Crippen molar-refractivity contribution in [2.24, 2.45) is 5.92 Å². The number of carbonyl (C=O) groups excluding carboxylic acids is 1. The van der Waals surface area contributed by atoms with Crippen molar-refractivity contribution in [3.05, 3.63) is 42.0 Å². The Balaban J connectivity index is 1.61. The first kappa shape index (κ1) is 16.8. The quantitative estimate of drug-likeness (QED) is 0.846. The third-order valence-electron chi connectivity index (χ3n) is 4.87. The lowest BCUT2D eigenvalue weighted by Gasteiger charge is -2.21. The minimum Gasteiger partial charge on any atom is -0.497 e. The van der Waals surface area contributed by atoms with Crippen molar-refractivity contribution in [2.45, 2.75) is 19.9 Å². The average Bonchev–Trinajstić information content (AvgIpc) is 3.03. The van der Waals surface area contributed by atoms with Gasteiger partial charge in [-0.05, 0) is 53.9 Å². The van der Waals surface area contributed by atoms with Gasteiger partial charge in [0.25, 0.3) is 0 Å². The van der Waals surface area contributed by atoms with E-state index in [9.17, 15) is 4.79 Å². The van der Waals surface area contributed by atoms with Crippen LogP contribution in [-0.2, 0) is 11.3 Å². The number of amides is 1. The Labute approximate surface area is 144 Å². The predicted octanol–water partition coefficient (Wildman–Crippen LogP) is 3.15. The van der Waals surface area contributed by atoms with Gasteiger partial charge in [0.15, 0.2) is 0 Å². The number of benzene rings is 2. The third-order valence-corrected chi connectivity index (χ3v) is 4.87. The Morgan fingerprint density at radius 3 is 2.71 bits per heavy atom. The van der Waals surface area contributed by atoms with E-state index in [0.717, 1.165) is 38.3 Å². The summed E-state index contributed by atoms with van der Waals surface area (Å²) >= 11 is 0.